The maximum absolute atomic E-state index is 12.9. The second-order valence-corrected chi connectivity index (χ2v) is 4.13. The number of benzene rings is 1. The smallest absolute Gasteiger partial charge is 0.141 e. The minimum absolute atomic E-state index is 0.166. The molecule has 1 aromatic heterocycles. The van der Waals surface area contributed by atoms with Crippen LogP contribution in [0.5, 0.6) is 0 Å². The molecule has 1 N–H and O–H groups in total. The first kappa shape index (κ1) is 12.1. The topological polar surface area (TPSA) is 29.9 Å². The maximum Gasteiger partial charge on any atom is 0.141 e. The fraction of sp³-hybridized carbons (Fsp3) is 0.250. The van der Waals surface area contributed by atoms with E-state index in [1.165, 1.54) is 6.07 Å². The highest BCUT2D eigenvalue weighted by atomic mass is 35.5. The van der Waals surface area contributed by atoms with E-state index in [9.17, 15) is 4.39 Å². The van der Waals surface area contributed by atoms with Gasteiger partial charge in [-0.2, -0.15) is 0 Å². The summed E-state index contributed by atoms with van der Waals surface area (Å²) in [5, 5.41) is 3.42. The number of halogens is 2. The summed E-state index contributed by atoms with van der Waals surface area (Å²) >= 11 is 5.69. The van der Waals surface area contributed by atoms with Crippen LogP contribution in [0, 0.1) is 5.82 Å². The summed E-state index contributed by atoms with van der Waals surface area (Å²) in [5.41, 5.74) is 0.974. The molecule has 0 radical (unpaired) electrons. The molecule has 1 aromatic carbocycles. The third kappa shape index (κ3) is 3.54. The summed E-state index contributed by atoms with van der Waals surface area (Å²) in [6, 6.07) is 4.75. The Hall–Kier alpha value is -1.39. The molecule has 0 fully saturated rings. The van der Waals surface area contributed by atoms with Crippen molar-refractivity contribution in [3.8, 4) is 0 Å². The van der Waals surface area contributed by atoms with Gasteiger partial charge in [0, 0.05) is 32.0 Å². The summed E-state index contributed by atoms with van der Waals surface area (Å²) in [6.07, 6.45) is 5.44. The van der Waals surface area contributed by atoms with Crippen LogP contribution in [-0.4, -0.2) is 16.1 Å². The van der Waals surface area contributed by atoms with Gasteiger partial charge in [0.05, 0.1) is 11.3 Å². The molecule has 0 saturated heterocycles. The van der Waals surface area contributed by atoms with E-state index in [-0.39, 0.29) is 10.8 Å². The van der Waals surface area contributed by atoms with Gasteiger partial charge in [0.2, 0.25) is 0 Å². The molecule has 0 unspecified atom stereocenters. The standard InChI is InChI=1S/C12H13ClFN3/c13-11-7-10(1-2-12(11)14)8-15-3-5-17-6-4-16-9-17/h1-2,4,6-7,9,15H,3,5,8H2. The van der Waals surface area contributed by atoms with E-state index in [2.05, 4.69) is 10.3 Å². The summed E-state index contributed by atoms with van der Waals surface area (Å²) in [4.78, 5) is 3.96. The van der Waals surface area contributed by atoms with Crippen molar-refractivity contribution < 1.29 is 4.39 Å². The summed E-state index contributed by atoms with van der Waals surface area (Å²) < 4.78 is 14.9. The molecule has 0 atom stereocenters. The van der Waals surface area contributed by atoms with Crippen LogP contribution in [-0.2, 0) is 13.1 Å². The molecule has 0 amide bonds. The highest BCUT2D eigenvalue weighted by molar-refractivity contribution is 6.30. The molecule has 3 nitrogen and oxygen atoms in total. The molecule has 2 rings (SSSR count). The molecular weight excluding hydrogens is 241 g/mol. The van der Waals surface area contributed by atoms with Crippen molar-refractivity contribution in [2.24, 2.45) is 0 Å². The average molecular weight is 254 g/mol. The van der Waals surface area contributed by atoms with Crippen molar-refractivity contribution in [3.05, 3.63) is 53.3 Å². The molecule has 0 spiro atoms. The van der Waals surface area contributed by atoms with E-state index in [1.54, 1.807) is 24.7 Å². The minimum atomic E-state index is -0.381. The van der Waals surface area contributed by atoms with Gasteiger partial charge in [-0.3, -0.25) is 0 Å². The average Bonchev–Trinajstić information content (AvgIpc) is 2.82. The third-order valence-electron chi connectivity index (χ3n) is 2.42. The van der Waals surface area contributed by atoms with Crippen molar-refractivity contribution in [1.29, 1.82) is 0 Å². The zero-order valence-corrected chi connectivity index (χ0v) is 9.99. The van der Waals surface area contributed by atoms with Crippen molar-refractivity contribution in [3.63, 3.8) is 0 Å². The number of nitrogens with one attached hydrogen (secondary N) is 1. The van der Waals surface area contributed by atoms with Crippen LogP contribution in [0.1, 0.15) is 5.56 Å². The Balaban J connectivity index is 1.76. The third-order valence-corrected chi connectivity index (χ3v) is 2.71. The van der Waals surface area contributed by atoms with E-state index in [1.807, 2.05) is 10.8 Å². The molecule has 1 heterocycles. The SMILES string of the molecule is Fc1ccc(CNCCn2ccnc2)cc1Cl. The van der Waals surface area contributed by atoms with E-state index < -0.39 is 0 Å². The Morgan fingerprint density at radius 2 is 2.29 bits per heavy atom. The van der Waals surface area contributed by atoms with Crippen molar-refractivity contribution in [2.45, 2.75) is 13.1 Å². The quantitative estimate of drug-likeness (QED) is 0.830. The number of hydrogen-bond donors (Lipinski definition) is 1. The zero-order chi connectivity index (χ0) is 12.1. The van der Waals surface area contributed by atoms with Gasteiger partial charge in [-0.1, -0.05) is 17.7 Å². The van der Waals surface area contributed by atoms with Gasteiger partial charge in [0.15, 0.2) is 0 Å². The predicted molar refractivity (Wildman–Crippen MR) is 65.3 cm³/mol. The Morgan fingerprint density at radius 3 is 3.00 bits per heavy atom. The Kier molecular flexibility index (Phi) is 4.12. The van der Waals surface area contributed by atoms with Gasteiger partial charge in [-0.15, -0.1) is 0 Å². The van der Waals surface area contributed by atoms with Gasteiger partial charge in [0.1, 0.15) is 5.82 Å². The highest BCUT2D eigenvalue weighted by Gasteiger charge is 2.00. The van der Waals surface area contributed by atoms with Crippen LogP contribution < -0.4 is 5.32 Å². The molecule has 0 aliphatic rings. The molecule has 0 bridgehead atoms. The lowest BCUT2D eigenvalue weighted by Gasteiger charge is -2.06. The Bertz CT molecular complexity index is 471. The number of imidazole rings is 1. The first-order chi connectivity index (χ1) is 8.25. The molecule has 2 aromatic rings. The maximum atomic E-state index is 12.9. The number of rotatable bonds is 5. The summed E-state index contributed by atoms with van der Waals surface area (Å²) in [5.74, 6) is -0.381. The summed E-state index contributed by atoms with van der Waals surface area (Å²) in [7, 11) is 0. The second-order valence-electron chi connectivity index (χ2n) is 3.73. The lowest BCUT2D eigenvalue weighted by molar-refractivity contribution is 0.595. The molecule has 0 aliphatic heterocycles. The highest BCUT2D eigenvalue weighted by Crippen LogP contribution is 2.15. The number of nitrogens with zero attached hydrogens (tertiary/aromatic N) is 2. The number of hydrogen-bond acceptors (Lipinski definition) is 2. The largest absolute Gasteiger partial charge is 0.336 e. The lowest BCUT2D eigenvalue weighted by Crippen LogP contribution is -2.18. The van der Waals surface area contributed by atoms with E-state index >= 15 is 0 Å². The van der Waals surface area contributed by atoms with E-state index in [0.29, 0.717) is 6.54 Å². The predicted octanol–water partition coefficient (Wildman–Crippen LogP) is 2.47. The van der Waals surface area contributed by atoms with Gasteiger partial charge in [0.25, 0.3) is 0 Å². The van der Waals surface area contributed by atoms with Crippen LogP contribution >= 0.6 is 11.6 Å². The fourth-order valence-electron chi connectivity index (χ4n) is 1.51. The summed E-state index contributed by atoms with van der Waals surface area (Å²) in [6.45, 7) is 2.36. The van der Waals surface area contributed by atoms with E-state index in [4.69, 9.17) is 11.6 Å². The second kappa shape index (κ2) is 5.80. The molecule has 90 valence electrons. The van der Waals surface area contributed by atoms with Gasteiger partial charge in [-0.25, -0.2) is 9.37 Å². The van der Waals surface area contributed by atoms with Crippen LogP contribution in [0.25, 0.3) is 0 Å². The van der Waals surface area contributed by atoms with E-state index in [0.717, 1.165) is 18.7 Å². The lowest BCUT2D eigenvalue weighted by atomic mass is 10.2. The Morgan fingerprint density at radius 1 is 1.41 bits per heavy atom. The first-order valence-corrected chi connectivity index (χ1v) is 5.74. The zero-order valence-electron chi connectivity index (χ0n) is 9.24. The van der Waals surface area contributed by atoms with Gasteiger partial charge < -0.3 is 9.88 Å². The van der Waals surface area contributed by atoms with Crippen LogP contribution in [0.3, 0.4) is 0 Å². The van der Waals surface area contributed by atoms with Crippen molar-refractivity contribution in [2.75, 3.05) is 6.54 Å². The Labute approximate surface area is 104 Å². The van der Waals surface area contributed by atoms with Crippen molar-refractivity contribution in [1.82, 2.24) is 14.9 Å². The normalized spacial score (nSPS) is 10.7. The molecule has 5 heteroatoms. The monoisotopic (exact) mass is 253 g/mol. The van der Waals surface area contributed by atoms with Crippen LogP contribution in [0.2, 0.25) is 5.02 Å². The van der Waals surface area contributed by atoms with Gasteiger partial charge >= 0.3 is 0 Å². The van der Waals surface area contributed by atoms with Crippen molar-refractivity contribution >= 4 is 11.6 Å². The number of aromatic nitrogens is 2. The molecule has 17 heavy (non-hydrogen) atoms. The van der Waals surface area contributed by atoms with Crippen LogP contribution in [0.15, 0.2) is 36.9 Å². The fourth-order valence-corrected chi connectivity index (χ4v) is 1.71. The molecule has 0 aliphatic carbocycles. The minimum Gasteiger partial charge on any atom is -0.336 e. The first-order valence-electron chi connectivity index (χ1n) is 5.36. The molecular formula is C12H13ClFN3. The van der Waals surface area contributed by atoms with Crippen LogP contribution in [0.4, 0.5) is 4.39 Å². The molecule has 0 saturated carbocycles. The van der Waals surface area contributed by atoms with Gasteiger partial charge in [-0.05, 0) is 17.7 Å².